The Hall–Kier alpha value is -3.46. The first-order valence-corrected chi connectivity index (χ1v) is 11.7. The SMILES string of the molecule is COc1ccc2nc(N(Cc3ccccc3)C(=O)CN3C(=O)NC4(CCCC4)C3=O)sc2c1. The summed E-state index contributed by atoms with van der Waals surface area (Å²) in [6.07, 6.45) is 3.03. The number of fused-ring (bicyclic) bond motifs is 1. The number of carbonyl (C=O) groups excluding carboxylic acids is 3. The molecule has 33 heavy (non-hydrogen) atoms. The van der Waals surface area contributed by atoms with Crippen LogP contribution in [-0.4, -0.2) is 46.9 Å². The average Bonchev–Trinajstić information content (AvgIpc) is 3.52. The highest BCUT2D eigenvalue weighted by Gasteiger charge is 2.53. The van der Waals surface area contributed by atoms with Gasteiger partial charge in [-0.2, -0.15) is 0 Å². The quantitative estimate of drug-likeness (QED) is 0.562. The third-order valence-corrected chi connectivity index (χ3v) is 7.34. The van der Waals surface area contributed by atoms with E-state index in [-0.39, 0.29) is 24.9 Å². The summed E-state index contributed by atoms with van der Waals surface area (Å²) in [7, 11) is 1.60. The zero-order chi connectivity index (χ0) is 23.0. The number of hydrogen-bond donors (Lipinski definition) is 1. The Balaban J connectivity index is 1.45. The molecule has 0 atom stereocenters. The van der Waals surface area contributed by atoms with Crippen molar-refractivity contribution in [2.45, 2.75) is 37.8 Å². The number of rotatable bonds is 6. The van der Waals surface area contributed by atoms with Crippen molar-refractivity contribution >= 4 is 44.5 Å². The highest BCUT2D eigenvalue weighted by Crippen LogP contribution is 2.36. The summed E-state index contributed by atoms with van der Waals surface area (Å²) in [5.41, 5.74) is 0.835. The van der Waals surface area contributed by atoms with E-state index in [0.717, 1.165) is 33.5 Å². The highest BCUT2D eigenvalue weighted by molar-refractivity contribution is 7.22. The summed E-state index contributed by atoms with van der Waals surface area (Å²) >= 11 is 1.37. The Labute approximate surface area is 195 Å². The second-order valence-corrected chi connectivity index (χ2v) is 9.42. The molecule has 1 aliphatic carbocycles. The summed E-state index contributed by atoms with van der Waals surface area (Å²) in [4.78, 5) is 46.4. The number of aromatic nitrogens is 1. The predicted molar refractivity (Wildman–Crippen MR) is 125 cm³/mol. The van der Waals surface area contributed by atoms with E-state index in [2.05, 4.69) is 10.3 Å². The van der Waals surface area contributed by atoms with E-state index in [4.69, 9.17) is 4.74 Å². The van der Waals surface area contributed by atoms with Gasteiger partial charge >= 0.3 is 6.03 Å². The van der Waals surface area contributed by atoms with Crippen molar-refractivity contribution in [2.75, 3.05) is 18.6 Å². The molecule has 2 aliphatic rings. The van der Waals surface area contributed by atoms with Crippen molar-refractivity contribution in [1.29, 1.82) is 0 Å². The Morgan fingerprint density at radius 3 is 2.67 bits per heavy atom. The Bertz CT molecular complexity index is 1220. The zero-order valence-electron chi connectivity index (χ0n) is 18.2. The number of methoxy groups -OCH3 is 1. The Kier molecular flexibility index (Phi) is 5.49. The topological polar surface area (TPSA) is 91.8 Å². The van der Waals surface area contributed by atoms with Crippen LogP contribution in [0, 0.1) is 0 Å². The number of urea groups is 1. The van der Waals surface area contributed by atoms with Gasteiger partial charge in [0.05, 0.1) is 23.9 Å². The molecule has 4 amide bonds. The summed E-state index contributed by atoms with van der Waals surface area (Å²) in [6.45, 7) is -0.0378. The molecule has 9 heteroatoms. The fourth-order valence-electron chi connectivity index (χ4n) is 4.52. The predicted octanol–water partition coefficient (Wildman–Crippen LogP) is 3.70. The van der Waals surface area contributed by atoms with E-state index in [1.807, 2.05) is 48.5 Å². The number of imide groups is 1. The lowest BCUT2D eigenvalue weighted by Gasteiger charge is -2.23. The van der Waals surface area contributed by atoms with Gasteiger partial charge in [0.15, 0.2) is 5.13 Å². The molecule has 1 aliphatic heterocycles. The molecule has 0 unspecified atom stereocenters. The highest BCUT2D eigenvalue weighted by atomic mass is 32.1. The summed E-state index contributed by atoms with van der Waals surface area (Å²) in [6, 6.07) is 14.6. The third-order valence-electron chi connectivity index (χ3n) is 6.30. The van der Waals surface area contributed by atoms with Crippen LogP contribution in [0.3, 0.4) is 0 Å². The van der Waals surface area contributed by atoms with Gasteiger partial charge in [0.1, 0.15) is 17.8 Å². The van der Waals surface area contributed by atoms with Crippen LogP contribution in [0.2, 0.25) is 0 Å². The van der Waals surface area contributed by atoms with Gasteiger partial charge in [-0.1, -0.05) is 54.5 Å². The molecule has 1 N–H and O–H groups in total. The lowest BCUT2D eigenvalue weighted by atomic mass is 9.98. The fraction of sp³-hybridized carbons (Fsp3) is 0.333. The van der Waals surface area contributed by atoms with Gasteiger partial charge in [-0.3, -0.25) is 19.4 Å². The smallest absolute Gasteiger partial charge is 0.325 e. The number of carbonyl (C=O) groups is 3. The van der Waals surface area contributed by atoms with Crippen LogP contribution in [0.1, 0.15) is 31.2 Å². The molecule has 1 saturated carbocycles. The summed E-state index contributed by atoms with van der Waals surface area (Å²) in [5.74, 6) is 0.0512. The van der Waals surface area contributed by atoms with Crippen LogP contribution in [0.15, 0.2) is 48.5 Å². The average molecular weight is 465 g/mol. The van der Waals surface area contributed by atoms with E-state index >= 15 is 0 Å². The van der Waals surface area contributed by atoms with E-state index in [1.165, 1.54) is 11.3 Å². The van der Waals surface area contributed by atoms with Gasteiger partial charge < -0.3 is 10.1 Å². The van der Waals surface area contributed by atoms with Gasteiger partial charge in [0.25, 0.3) is 5.91 Å². The van der Waals surface area contributed by atoms with Crippen molar-refractivity contribution < 1.29 is 19.1 Å². The lowest BCUT2D eigenvalue weighted by molar-refractivity contribution is -0.134. The second-order valence-electron chi connectivity index (χ2n) is 8.41. The lowest BCUT2D eigenvalue weighted by Crippen LogP contribution is -2.46. The maximum Gasteiger partial charge on any atom is 0.325 e. The van der Waals surface area contributed by atoms with E-state index in [0.29, 0.717) is 23.7 Å². The number of anilines is 1. The first-order chi connectivity index (χ1) is 16.0. The number of thiazole rings is 1. The molecule has 170 valence electrons. The number of hydrogen-bond acceptors (Lipinski definition) is 6. The summed E-state index contributed by atoms with van der Waals surface area (Å²) < 4.78 is 6.19. The van der Waals surface area contributed by atoms with Crippen LogP contribution in [-0.2, 0) is 16.1 Å². The molecular formula is C24H24N4O4S. The van der Waals surface area contributed by atoms with Crippen molar-refractivity contribution in [3.63, 3.8) is 0 Å². The Morgan fingerprint density at radius 2 is 1.94 bits per heavy atom. The van der Waals surface area contributed by atoms with Gasteiger partial charge in [-0.05, 0) is 36.6 Å². The van der Waals surface area contributed by atoms with Crippen LogP contribution < -0.4 is 15.0 Å². The number of nitrogens with one attached hydrogen (secondary N) is 1. The van der Waals surface area contributed by atoms with Crippen LogP contribution in [0.5, 0.6) is 5.75 Å². The van der Waals surface area contributed by atoms with Gasteiger partial charge in [-0.25, -0.2) is 9.78 Å². The second kappa shape index (κ2) is 8.47. The van der Waals surface area contributed by atoms with Crippen molar-refractivity contribution in [3.8, 4) is 5.75 Å². The molecule has 8 nitrogen and oxygen atoms in total. The monoisotopic (exact) mass is 464 g/mol. The van der Waals surface area contributed by atoms with Crippen LogP contribution >= 0.6 is 11.3 Å². The maximum atomic E-state index is 13.5. The molecule has 5 rings (SSSR count). The molecule has 2 aromatic carbocycles. The standard InChI is InChI=1S/C24H24N4O4S/c1-32-17-9-10-18-19(13-17)33-23(25-18)27(14-16-7-3-2-4-8-16)20(29)15-28-21(30)24(26-22(28)31)11-5-6-12-24/h2-4,7-10,13H,5-6,11-12,14-15H2,1H3,(H,26,31). The number of amides is 4. The van der Waals surface area contributed by atoms with Gasteiger partial charge in [0.2, 0.25) is 5.91 Å². The van der Waals surface area contributed by atoms with Crippen molar-refractivity contribution in [2.24, 2.45) is 0 Å². The van der Waals surface area contributed by atoms with Crippen molar-refractivity contribution in [1.82, 2.24) is 15.2 Å². The van der Waals surface area contributed by atoms with Gasteiger partial charge in [-0.15, -0.1) is 0 Å². The molecule has 3 aromatic rings. The van der Waals surface area contributed by atoms with Crippen LogP contribution in [0.4, 0.5) is 9.93 Å². The first-order valence-electron chi connectivity index (χ1n) is 10.9. The third kappa shape index (κ3) is 3.93. The van der Waals surface area contributed by atoms with E-state index in [1.54, 1.807) is 12.0 Å². The number of ether oxygens (including phenoxy) is 1. The normalized spacial score (nSPS) is 17.1. The van der Waals surface area contributed by atoms with Gasteiger partial charge in [0, 0.05) is 0 Å². The fourth-order valence-corrected chi connectivity index (χ4v) is 5.53. The number of nitrogens with zero attached hydrogens (tertiary/aromatic N) is 3. The van der Waals surface area contributed by atoms with Crippen molar-refractivity contribution in [3.05, 3.63) is 54.1 Å². The molecular weight excluding hydrogens is 440 g/mol. The minimum atomic E-state index is -0.839. The molecule has 0 bridgehead atoms. The van der Waals surface area contributed by atoms with E-state index in [9.17, 15) is 14.4 Å². The molecule has 2 fully saturated rings. The summed E-state index contributed by atoms with van der Waals surface area (Å²) in [5, 5.41) is 3.35. The molecule has 2 heterocycles. The largest absolute Gasteiger partial charge is 0.497 e. The Morgan fingerprint density at radius 1 is 1.18 bits per heavy atom. The molecule has 0 radical (unpaired) electrons. The van der Waals surface area contributed by atoms with Crippen LogP contribution in [0.25, 0.3) is 10.2 Å². The minimum absolute atomic E-state index is 0.283. The first kappa shape index (κ1) is 21.4. The zero-order valence-corrected chi connectivity index (χ0v) is 19.1. The molecule has 1 spiro atoms. The maximum absolute atomic E-state index is 13.5. The van der Waals surface area contributed by atoms with E-state index < -0.39 is 11.6 Å². The molecule has 1 saturated heterocycles. The minimum Gasteiger partial charge on any atom is -0.497 e. The number of benzene rings is 2. The molecule has 1 aromatic heterocycles.